The van der Waals surface area contributed by atoms with Crippen molar-refractivity contribution in [3.8, 4) is 0 Å². The van der Waals surface area contributed by atoms with E-state index in [0.29, 0.717) is 24.5 Å². The molecule has 1 saturated carbocycles. The van der Waals surface area contributed by atoms with Crippen LogP contribution in [0.5, 0.6) is 0 Å². The first-order valence-electron chi connectivity index (χ1n) is 9.30. The van der Waals surface area contributed by atoms with Crippen molar-refractivity contribution in [3.63, 3.8) is 0 Å². The van der Waals surface area contributed by atoms with Crippen molar-refractivity contribution in [2.45, 2.75) is 71.1 Å². The normalized spacial score (nSPS) is 19.8. The molecule has 1 aliphatic rings. The summed E-state index contributed by atoms with van der Waals surface area (Å²) < 4.78 is 4.62. The van der Waals surface area contributed by atoms with E-state index in [1.54, 1.807) is 0 Å². The number of hydrogen-bond donors (Lipinski definition) is 0. The lowest BCUT2D eigenvalue weighted by atomic mass is 9.97. The number of ether oxygens (including phenoxy) is 1. The van der Waals surface area contributed by atoms with Crippen molar-refractivity contribution in [2.75, 3.05) is 7.11 Å². The average molecular weight is 332 g/mol. The van der Waals surface area contributed by atoms with E-state index in [4.69, 9.17) is 0 Å². The zero-order chi connectivity index (χ0) is 17.6. The number of rotatable bonds is 11. The van der Waals surface area contributed by atoms with Crippen LogP contribution in [0.25, 0.3) is 0 Å². The van der Waals surface area contributed by atoms with E-state index in [-0.39, 0.29) is 5.97 Å². The third kappa shape index (κ3) is 8.28. The number of carbonyl (C=O) groups is 2. The SMILES string of the molecule is CCCCC/C=C/C=C1/C(=O)CC[C@@H]1C/C=C\CCCC(=O)OC. The van der Waals surface area contributed by atoms with Crippen LogP contribution in [0.1, 0.15) is 71.1 Å². The van der Waals surface area contributed by atoms with Crippen molar-refractivity contribution in [1.29, 1.82) is 0 Å². The summed E-state index contributed by atoms with van der Waals surface area (Å²) in [5.74, 6) is 0.507. The highest BCUT2D eigenvalue weighted by atomic mass is 16.5. The second-order valence-corrected chi connectivity index (χ2v) is 6.38. The van der Waals surface area contributed by atoms with Gasteiger partial charge in [0, 0.05) is 12.8 Å². The molecule has 134 valence electrons. The third-order valence-electron chi connectivity index (χ3n) is 4.43. The fraction of sp³-hybridized carbons (Fsp3) is 0.619. The lowest BCUT2D eigenvalue weighted by Gasteiger charge is -2.07. The Balaban J connectivity index is 2.34. The van der Waals surface area contributed by atoms with Gasteiger partial charge in [-0.05, 0) is 50.0 Å². The summed E-state index contributed by atoms with van der Waals surface area (Å²) in [6.45, 7) is 2.20. The van der Waals surface area contributed by atoms with E-state index in [0.717, 1.165) is 37.7 Å². The number of carbonyl (C=O) groups excluding carboxylic acids is 2. The summed E-state index contributed by atoms with van der Waals surface area (Å²) in [5.41, 5.74) is 0.987. The Bertz CT molecular complexity index is 471. The molecule has 0 aromatic rings. The molecule has 0 aromatic heterocycles. The van der Waals surface area contributed by atoms with Crippen molar-refractivity contribution < 1.29 is 14.3 Å². The van der Waals surface area contributed by atoms with Crippen LogP contribution in [0.2, 0.25) is 0 Å². The van der Waals surface area contributed by atoms with E-state index >= 15 is 0 Å². The molecular weight excluding hydrogens is 300 g/mol. The Morgan fingerprint density at radius 2 is 1.96 bits per heavy atom. The van der Waals surface area contributed by atoms with Crippen molar-refractivity contribution in [2.24, 2.45) is 5.92 Å². The topological polar surface area (TPSA) is 43.4 Å². The lowest BCUT2D eigenvalue weighted by molar-refractivity contribution is -0.140. The first kappa shape index (κ1) is 20.4. The molecule has 0 radical (unpaired) electrons. The molecule has 1 fully saturated rings. The van der Waals surface area contributed by atoms with Crippen LogP contribution >= 0.6 is 0 Å². The van der Waals surface area contributed by atoms with Gasteiger partial charge in [-0.1, -0.05) is 50.1 Å². The van der Waals surface area contributed by atoms with E-state index in [2.05, 4.69) is 36.0 Å². The number of ketones is 1. The fourth-order valence-corrected chi connectivity index (χ4v) is 2.93. The Morgan fingerprint density at radius 3 is 2.71 bits per heavy atom. The van der Waals surface area contributed by atoms with Crippen LogP contribution in [0.4, 0.5) is 0 Å². The van der Waals surface area contributed by atoms with Crippen molar-refractivity contribution >= 4 is 11.8 Å². The summed E-state index contributed by atoms with van der Waals surface area (Å²) in [6.07, 6.45) is 20.1. The van der Waals surface area contributed by atoms with Gasteiger partial charge in [0.25, 0.3) is 0 Å². The number of methoxy groups -OCH3 is 1. The quantitative estimate of drug-likeness (QED) is 0.223. The van der Waals surface area contributed by atoms with Crippen molar-refractivity contribution in [1.82, 2.24) is 0 Å². The highest BCUT2D eigenvalue weighted by Crippen LogP contribution is 2.31. The lowest BCUT2D eigenvalue weighted by Crippen LogP contribution is -2.00. The molecule has 1 rings (SSSR count). The van der Waals surface area contributed by atoms with Gasteiger partial charge in [0.2, 0.25) is 0 Å². The Hall–Kier alpha value is -1.64. The average Bonchev–Trinajstić information content (AvgIpc) is 2.94. The fourth-order valence-electron chi connectivity index (χ4n) is 2.93. The van der Waals surface area contributed by atoms with Gasteiger partial charge in [0.05, 0.1) is 7.11 Å². The first-order valence-corrected chi connectivity index (χ1v) is 9.30. The molecule has 1 atom stereocenters. The molecule has 0 heterocycles. The highest BCUT2D eigenvalue weighted by Gasteiger charge is 2.26. The van der Waals surface area contributed by atoms with E-state index in [1.807, 2.05) is 6.08 Å². The van der Waals surface area contributed by atoms with E-state index in [1.165, 1.54) is 26.4 Å². The summed E-state index contributed by atoms with van der Waals surface area (Å²) in [5, 5.41) is 0. The standard InChI is InChI=1S/C21H32O3/c1-3-4-5-6-7-11-14-19-18(16-17-20(19)22)13-10-8-9-12-15-21(23)24-2/h7-8,10-11,14,18H,3-6,9,12-13,15-17H2,1-2H3/b10-8-,11-7+,19-14+/t18-/m0/s1. The highest BCUT2D eigenvalue weighted by molar-refractivity contribution is 5.98. The van der Waals surface area contributed by atoms with Gasteiger partial charge in [0.1, 0.15) is 0 Å². The maximum atomic E-state index is 12.0. The van der Waals surface area contributed by atoms with Crippen LogP contribution in [0, 0.1) is 5.92 Å². The van der Waals surface area contributed by atoms with Gasteiger partial charge in [0.15, 0.2) is 5.78 Å². The van der Waals surface area contributed by atoms with Crippen LogP contribution in [-0.4, -0.2) is 18.9 Å². The molecule has 0 bridgehead atoms. The number of unbranched alkanes of at least 4 members (excludes halogenated alkanes) is 4. The molecule has 0 unspecified atom stereocenters. The third-order valence-corrected chi connectivity index (χ3v) is 4.43. The summed E-state index contributed by atoms with van der Waals surface area (Å²) >= 11 is 0. The second kappa shape index (κ2) is 12.7. The number of esters is 1. The zero-order valence-corrected chi connectivity index (χ0v) is 15.3. The van der Waals surface area contributed by atoms with Crippen LogP contribution < -0.4 is 0 Å². The molecule has 24 heavy (non-hydrogen) atoms. The molecule has 1 aliphatic carbocycles. The van der Waals surface area contributed by atoms with Gasteiger partial charge < -0.3 is 4.74 Å². The Labute approximate surface area is 146 Å². The molecule has 0 aromatic carbocycles. The first-order chi connectivity index (χ1) is 11.7. The molecule has 0 spiro atoms. The summed E-state index contributed by atoms with van der Waals surface area (Å²) in [6, 6.07) is 0. The molecule has 0 aliphatic heterocycles. The Kier molecular flexibility index (Phi) is 10.8. The van der Waals surface area contributed by atoms with Gasteiger partial charge in [-0.15, -0.1) is 0 Å². The summed E-state index contributed by atoms with van der Waals surface area (Å²) in [7, 11) is 1.42. The van der Waals surface area contributed by atoms with Gasteiger partial charge in [-0.3, -0.25) is 9.59 Å². The number of Topliss-reactive ketones (excluding diaryl/α,β-unsaturated/α-hetero) is 1. The van der Waals surface area contributed by atoms with Crippen LogP contribution in [0.3, 0.4) is 0 Å². The molecule has 0 N–H and O–H groups in total. The minimum atomic E-state index is -0.152. The van der Waals surface area contributed by atoms with Crippen LogP contribution in [-0.2, 0) is 14.3 Å². The van der Waals surface area contributed by atoms with Gasteiger partial charge in [-0.2, -0.15) is 0 Å². The minimum Gasteiger partial charge on any atom is -0.469 e. The van der Waals surface area contributed by atoms with E-state index in [9.17, 15) is 9.59 Å². The predicted octanol–water partition coefficient (Wildman–Crippen LogP) is 5.32. The molecular formula is C21H32O3. The molecule has 3 heteroatoms. The maximum Gasteiger partial charge on any atom is 0.305 e. The second-order valence-electron chi connectivity index (χ2n) is 6.38. The monoisotopic (exact) mass is 332 g/mol. The molecule has 3 nitrogen and oxygen atoms in total. The minimum absolute atomic E-state index is 0.152. The molecule has 0 saturated heterocycles. The predicted molar refractivity (Wildman–Crippen MR) is 98.7 cm³/mol. The molecule has 0 amide bonds. The number of hydrogen-bond acceptors (Lipinski definition) is 3. The van der Waals surface area contributed by atoms with Gasteiger partial charge in [-0.25, -0.2) is 0 Å². The van der Waals surface area contributed by atoms with Crippen molar-refractivity contribution in [3.05, 3.63) is 36.0 Å². The van der Waals surface area contributed by atoms with Crippen LogP contribution in [0.15, 0.2) is 36.0 Å². The number of allylic oxidation sites excluding steroid dienone is 6. The maximum absolute atomic E-state index is 12.0. The zero-order valence-electron chi connectivity index (χ0n) is 15.3. The smallest absolute Gasteiger partial charge is 0.305 e. The summed E-state index contributed by atoms with van der Waals surface area (Å²) in [4.78, 5) is 23.0. The Morgan fingerprint density at radius 1 is 1.17 bits per heavy atom. The van der Waals surface area contributed by atoms with E-state index < -0.39 is 0 Å². The largest absolute Gasteiger partial charge is 0.469 e. The van der Waals surface area contributed by atoms with Gasteiger partial charge >= 0.3 is 5.97 Å².